The van der Waals surface area contributed by atoms with Gasteiger partial charge in [0.15, 0.2) is 0 Å². The van der Waals surface area contributed by atoms with Crippen LogP contribution in [0.15, 0.2) is 28.9 Å². The number of nitrogens with zero attached hydrogens (tertiary/aromatic N) is 1. The fraction of sp³-hybridized carbons (Fsp3) is 0.474. The van der Waals surface area contributed by atoms with Crippen molar-refractivity contribution in [1.82, 2.24) is 4.90 Å². The zero-order valence-corrected chi connectivity index (χ0v) is 14.2. The molecule has 0 saturated carbocycles. The standard InChI is InChI=1S/C19H23NO4/c1-3-13-4-5-17-16(10-13)15(12-24-17)11-18(21)20-8-6-14(7-9-20)19(22)23-2/h4-5,10,12,14H,3,6-9,11H2,1-2H3. The van der Waals surface area contributed by atoms with Crippen LogP contribution in [0, 0.1) is 5.92 Å². The molecule has 5 nitrogen and oxygen atoms in total. The Morgan fingerprint density at radius 1 is 1.29 bits per heavy atom. The number of piperidine rings is 1. The van der Waals surface area contributed by atoms with E-state index in [0.29, 0.717) is 32.4 Å². The predicted molar refractivity (Wildman–Crippen MR) is 90.6 cm³/mol. The molecule has 5 heteroatoms. The van der Waals surface area contributed by atoms with Gasteiger partial charge in [-0.25, -0.2) is 0 Å². The number of likely N-dealkylation sites (tertiary alicyclic amines) is 1. The van der Waals surface area contributed by atoms with Crippen LogP contribution >= 0.6 is 0 Å². The van der Waals surface area contributed by atoms with Crippen molar-refractivity contribution in [3.8, 4) is 0 Å². The number of amides is 1. The molecule has 2 aromatic rings. The van der Waals surface area contributed by atoms with Crippen molar-refractivity contribution >= 4 is 22.8 Å². The van der Waals surface area contributed by atoms with Gasteiger partial charge in [0.25, 0.3) is 0 Å². The molecule has 0 unspecified atom stereocenters. The van der Waals surface area contributed by atoms with Crippen LogP contribution in [0.1, 0.15) is 30.9 Å². The van der Waals surface area contributed by atoms with Gasteiger partial charge in [0.2, 0.25) is 5.91 Å². The quantitative estimate of drug-likeness (QED) is 0.809. The van der Waals surface area contributed by atoms with Crippen LogP contribution < -0.4 is 0 Å². The van der Waals surface area contributed by atoms with Crippen LogP contribution in [0.3, 0.4) is 0 Å². The molecule has 0 radical (unpaired) electrons. The highest BCUT2D eigenvalue weighted by atomic mass is 16.5. The van der Waals surface area contributed by atoms with E-state index in [1.54, 1.807) is 6.26 Å². The summed E-state index contributed by atoms with van der Waals surface area (Å²) in [5.41, 5.74) is 2.98. The third-order valence-corrected chi connectivity index (χ3v) is 4.85. The molecule has 0 spiro atoms. The molecule has 3 rings (SSSR count). The van der Waals surface area contributed by atoms with Crippen molar-refractivity contribution in [3.05, 3.63) is 35.6 Å². The maximum atomic E-state index is 12.6. The highest BCUT2D eigenvalue weighted by Crippen LogP contribution is 2.25. The maximum Gasteiger partial charge on any atom is 0.308 e. The van der Waals surface area contributed by atoms with E-state index in [2.05, 4.69) is 19.1 Å². The van der Waals surface area contributed by atoms with Gasteiger partial charge in [0.1, 0.15) is 5.58 Å². The number of ether oxygens (including phenoxy) is 1. The first kappa shape index (κ1) is 16.6. The molecule has 1 aliphatic rings. The molecule has 1 aromatic carbocycles. The summed E-state index contributed by atoms with van der Waals surface area (Å²) >= 11 is 0. The fourth-order valence-corrected chi connectivity index (χ4v) is 3.29. The summed E-state index contributed by atoms with van der Waals surface area (Å²) in [5.74, 6) is -0.168. The van der Waals surface area contributed by atoms with E-state index < -0.39 is 0 Å². The second kappa shape index (κ2) is 7.07. The molecule has 1 amide bonds. The number of rotatable bonds is 4. The van der Waals surface area contributed by atoms with Crippen molar-refractivity contribution in [2.24, 2.45) is 5.92 Å². The Kier molecular flexibility index (Phi) is 4.88. The van der Waals surface area contributed by atoms with Gasteiger partial charge in [-0.1, -0.05) is 13.0 Å². The number of furan rings is 1. The van der Waals surface area contributed by atoms with Crippen LogP contribution in [0.5, 0.6) is 0 Å². The summed E-state index contributed by atoms with van der Waals surface area (Å²) in [6.45, 7) is 3.32. The molecular formula is C19H23NO4. The predicted octanol–water partition coefficient (Wildman–Crippen LogP) is 2.95. The molecule has 0 N–H and O–H groups in total. The summed E-state index contributed by atoms with van der Waals surface area (Å²) in [4.78, 5) is 26.0. The van der Waals surface area contributed by atoms with Crippen LogP contribution in [-0.2, 0) is 27.2 Å². The second-order valence-electron chi connectivity index (χ2n) is 6.30. The number of benzene rings is 1. The Labute approximate surface area is 141 Å². The number of aryl methyl sites for hydroxylation is 1. The number of hydrogen-bond acceptors (Lipinski definition) is 4. The van der Waals surface area contributed by atoms with Crippen molar-refractivity contribution in [2.75, 3.05) is 20.2 Å². The van der Waals surface area contributed by atoms with Crippen molar-refractivity contribution in [1.29, 1.82) is 0 Å². The summed E-state index contributed by atoms with van der Waals surface area (Å²) in [5, 5.41) is 1.02. The van der Waals surface area contributed by atoms with Gasteiger partial charge in [-0.15, -0.1) is 0 Å². The van der Waals surface area contributed by atoms with Crippen LogP contribution in [0.2, 0.25) is 0 Å². The van der Waals surface area contributed by atoms with E-state index in [4.69, 9.17) is 9.15 Å². The SMILES string of the molecule is CCc1ccc2occ(CC(=O)N3CCC(C(=O)OC)CC3)c2c1. The van der Waals surface area contributed by atoms with Gasteiger partial charge in [-0.2, -0.15) is 0 Å². The lowest BCUT2D eigenvalue weighted by Gasteiger charge is -2.30. The Morgan fingerprint density at radius 3 is 2.71 bits per heavy atom. The zero-order chi connectivity index (χ0) is 17.1. The second-order valence-corrected chi connectivity index (χ2v) is 6.30. The third kappa shape index (κ3) is 3.30. The van der Waals surface area contributed by atoms with E-state index in [0.717, 1.165) is 23.0 Å². The summed E-state index contributed by atoms with van der Waals surface area (Å²) in [7, 11) is 1.41. The van der Waals surface area contributed by atoms with Gasteiger partial charge in [0.05, 0.1) is 25.7 Å². The molecule has 0 atom stereocenters. The Hall–Kier alpha value is -2.30. The number of fused-ring (bicyclic) bond motifs is 1. The molecule has 24 heavy (non-hydrogen) atoms. The molecule has 0 aliphatic carbocycles. The van der Waals surface area contributed by atoms with E-state index in [1.165, 1.54) is 12.7 Å². The average Bonchev–Trinajstić information content (AvgIpc) is 3.03. The van der Waals surface area contributed by atoms with Crippen molar-refractivity contribution in [2.45, 2.75) is 32.6 Å². The van der Waals surface area contributed by atoms with Gasteiger partial charge in [-0.3, -0.25) is 9.59 Å². The summed E-state index contributed by atoms with van der Waals surface area (Å²) in [6, 6.07) is 6.12. The number of methoxy groups -OCH3 is 1. The largest absolute Gasteiger partial charge is 0.469 e. The minimum Gasteiger partial charge on any atom is -0.469 e. The van der Waals surface area contributed by atoms with E-state index >= 15 is 0 Å². The number of carbonyl (C=O) groups is 2. The molecule has 0 bridgehead atoms. The van der Waals surface area contributed by atoms with E-state index in [-0.39, 0.29) is 17.8 Å². The monoisotopic (exact) mass is 329 g/mol. The molecule has 2 heterocycles. The van der Waals surface area contributed by atoms with E-state index in [9.17, 15) is 9.59 Å². The highest BCUT2D eigenvalue weighted by Gasteiger charge is 2.28. The number of esters is 1. The first-order valence-corrected chi connectivity index (χ1v) is 8.47. The first-order chi connectivity index (χ1) is 11.6. The fourth-order valence-electron chi connectivity index (χ4n) is 3.29. The molecule has 1 aliphatic heterocycles. The highest BCUT2D eigenvalue weighted by molar-refractivity contribution is 5.88. The number of carbonyl (C=O) groups excluding carboxylic acids is 2. The molecule has 1 aromatic heterocycles. The van der Waals surface area contributed by atoms with Gasteiger partial charge in [-0.05, 0) is 37.0 Å². The maximum absolute atomic E-state index is 12.6. The molecular weight excluding hydrogens is 306 g/mol. The minimum atomic E-state index is -0.171. The lowest BCUT2D eigenvalue weighted by atomic mass is 9.96. The lowest BCUT2D eigenvalue weighted by Crippen LogP contribution is -2.41. The zero-order valence-electron chi connectivity index (χ0n) is 14.2. The van der Waals surface area contributed by atoms with Gasteiger partial charge in [0, 0.05) is 24.0 Å². The number of hydrogen-bond donors (Lipinski definition) is 0. The molecule has 128 valence electrons. The smallest absolute Gasteiger partial charge is 0.308 e. The van der Waals surface area contributed by atoms with Gasteiger partial charge >= 0.3 is 5.97 Å². The normalized spacial score (nSPS) is 15.7. The van der Waals surface area contributed by atoms with Crippen LogP contribution in [-0.4, -0.2) is 37.0 Å². The Morgan fingerprint density at radius 2 is 2.04 bits per heavy atom. The minimum absolute atomic E-state index is 0.0825. The van der Waals surface area contributed by atoms with Crippen molar-refractivity contribution in [3.63, 3.8) is 0 Å². The van der Waals surface area contributed by atoms with Crippen LogP contribution in [0.4, 0.5) is 0 Å². The molecule has 1 fully saturated rings. The summed E-state index contributed by atoms with van der Waals surface area (Å²) in [6.07, 6.45) is 4.32. The van der Waals surface area contributed by atoms with Crippen molar-refractivity contribution < 1.29 is 18.7 Å². The summed E-state index contributed by atoms with van der Waals surface area (Å²) < 4.78 is 10.4. The average molecular weight is 329 g/mol. The third-order valence-electron chi connectivity index (χ3n) is 4.85. The lowest BCUT2D eigenvalue weighted by molar-refractivity contribution is -0.148. The Bertz CT molecular complexity index is 741. The van der Waals surface area contributed by atoms with Crippen LogP contribution in [0.25, 0.3) is 11.0 Å². The van der Waals surface area contributed by atoms with Gasteiger partial charge < -0.3 is 14.1 Å². The topological polar surface area (TPSA) is 59.8 Å². The molecule has 1 saturated heterocycles. The van der Waals surface area contributed by atoms with E-state index in [1.807, 2.05) is 11.0 Å². The first-order valence-electron chi connectivity index (χ1n) is 8.47. The Balaban J connectivity index is 1.66.